The van der Waals surface area contributed by atoms with Gasteiger partial charge in [-0.1, -0.05) is 56.9 Å². The highest BCUT2D eigenvalue weighted by molar-refractivity contribution is 5.76. The van der Waals surface area contributed by atoms with Crippen molar-refractivity contribution in [2.45, 2.75) is 40.5 Å². The number of benzene rings is 1. The van der Waals surface area contributed by atoms with Crippen LogP contribution in [0.15, 0.2) is 43.0 Å². The zero-order chi connectivity index (χ0) is 13.7. The van der Waals surface area contributed by atoms with Gasteiger partial charge < -0.3 is 0 Å². The van der Waals surface area contributed by atoms with Crippen molar-refractivity contribution in [1.29, 1.82) is 0 Å². The summed E-state index contributed by atoms with van der Waals surface area (Å²) in [7, 11) is 0. The largest absolute Gasteiger partial charge is 0.0990 e. The summed E-state index contributed by atoms with van der Waals surface area (Å²) in [4.78, 5) is 0. The Hall–Kier alpha value is -1.56. The van der Waals surface area contributed by atoms with Crippen molar-refractivity contribution >= 4 is 5.57 Å². The Morgan fingerprint density at radius 1 is 1.22 bits per heavy atom. The van der Waals surface area contributed by atoms with E-state index in [0.29, 0.717) is 5.92 Å². The zero-order valence-electron chi connectivity index (χ0n) is 12.2. The summed E-state index contributed by atoms with van der Waals surface area (Å²) in [5.41, 5.74) is 6.70. The third-order valence-corrected chi connectivity index (χ3v) is 3.31. The molecule has 0 spiro atoms. The molecule has 0 bridgehead atoms. The molecule has 0 amide bonds. The third kappa shape index (κ3) is 3.22. The number of aryl methyl sites for hydroxylation is 1. The van der Waals surface area contributed by atoms with Crippen molar-refractivity contribution in [3.8, 4) is 0 Å². The van der Waals surface area contributed by atoms with E-state index in [2.05, 4.69) is 64.6 Å². The van der Waals surface area contributed by atoms with E-state index in [1.54, 1.807) is 0 Å². The summed E-state index contributed by atoms with van der Waals surface area (Å²) in [6.07, 6.45) is 8.11. The van der Waals surface area contributed by atoms with E-state index in [9.17, 15) is 0 Å². The maximum Gasteiger partial charge on any atom is -0.0178 e. The minimum Gasteiger partial charge on any atom is -0.0990 e. The number of allylic oxidation sites excluding steroid dienone is 5. The fraction of sp³-hybridized carbons (Fsp3) is 0.333. The first-order chi connectivity index (χ1) is 8.51. The predicted octanol–water partition coefficient (Wildman–Crippen LogP) is 5.57. The monoisotopic (exact) mass is 240 g/mol. The van der Waals surface area contributed by atoms with Crippen LogP contribution in [0.1, 0.15) is 48.9 Å². The average molecular weight is 240 g/mol. The molecule has 0 aromatic heterocycles. The molecule has 0 fully saturated rings. The van der Waals surface area contributed by atoms with Gasteiger partial charge in [0.1, 0.15) is 0 Å². The second-order valence-corrected chi connectivity index (χ2v) is 5.02. The lowest BCUT2D eigenvalue weighted by Gasteiger charge is -2.15. The van der Waals surface area contributed by atoms with Crippen LogP contribution < -0.4 is 0 Å². The molecule has 0 N–H and O–H groups in total. The fourth-order valence-electron chi connectivity index (χ4n) is 2.21. The van der Waals surface area contributed by atoms with Crippen LogP contribution in [-0.4, -0.2) is 0 Å². The second kappa shape index (κ2) is 6.39. The first-order valence-electron chi connectivity index (χ1n) is 6.58. The minimum atomic E-state index is 0.555. The van der Waals surface area contributed by atoms with Crippen LogP contribution in [0.2, 0.25) is 0 Å². The molecule has 18 heavy (non-hydrogen) atoms. The standard InChI is InChI=1S/C18H24/c1-7-9-16(10-8-2)17-11-14(5)15(6)18(12-17)13(3)4/h7-13H,1H2,2-6H3/b10-8-,16-9+. The molecule has 0 aliphatic heterocycles. The maximum atomic E-state index is 3.80. The van der Waals surface area contributed by atoms with Crippen LogP contribution in [0.4, 0.5) is 0 Å². The highest BCUT2D eigenvalue weighted by Crippen LogP contribution is 2.27. The summed E-state index contributed by atoms with van der Waals surface area (Å²) in [6, 6.07) is 4.57. The Bertz CT molecular complexity index is 485. The molecule has 0 nitrogen and oxygen atoms in total. The van der Waals surface area contributed by atoms with Gasteiger partial charge in [0.2, 0.25) is 0 Å². The van der Waals surface area contributed by atoms with E-state index >= 15 is 0 Å². The van der Waals surface area contributed by atoms with Crippen molar-refractivity contribution in [2.75, 3.05) is 0 Å². The van der Waals surface area contributed by atoms with Gasteiger partial charge in [-0.3, -0.25) is 0 Å². The van der Waals surface area contributed by atoms with Crippen LogP contribution >= 0.6 is 0 Å². The molecule has 1 rings (SSSR count). The highest BCUT2D eigenvalue weighted by Gasteiger charge is 2.09. The van der Waals surface area contributed by atoms with Gasteiger partial charge in [0.05, 0.1) is 0 Å². The van der Waals surface area contributed by atoms with E-state index in [1.165, 1.54) is 27.8 Å². The van der Waals surface area contributed by atoms with Gasteiger partial charge in [-0.05, 0) is 54.5 Å². The molecule has 0 aliphatic carbocycles. The molecule has 0 unspecified atom stereocenters. The zero-order valence-corrected chi connectivity index (χ0v) is 12.2. The highest BCUT2D eigenvalue weighted by atomic mass is 14.1. The van der Waals surface area contributed by atoms with Gasteiger partial charge in [-0.2, -0.15) is 0 Å². The van der Waals surface area contributed by atoms with Gasteiger partial charge in [-0.15, -0.1) is 0 Å². The SMILES string of the molecule is C=C/C=C(\C=C/C)c1cc(C)c(C)c(C(C)C)c1. The van der Waals surface area contributed by atoms with Crippen LogP contribution in [-0.2, 0) is 0 Å². The van der Waals surface area contributed by atoms with Gasteiger partial charge in [-0.25, -0.2) is 0 Å². The first-order valence-corrected chi connectivity index (χ1v) is 6.58. The lowest BCUT2D eigenvalue weighted by molar-refractivity contribution is 0.853. The van der Waals surface area contributed by atoms with Crippen LogP contribution in [0.5, 0.6) is 0 Å². The van der Waals surface area contributed by atoms with Crippen LogP contribution in [0.25, 0.3) is 5.57 Å². The number of hydrogen-bond donors (Lipinski definition) is 0. The van der Waals surface area contributed by atoms with Gasteiger partial charge >= 0.3 is 0 Å². The molecular weight excluding hydrogens is 216 g/mol. The maximum absolute atomic E-state index is 3.80. The van der Waals surface area contributed by atoms with Crippen molar-refractivity contribution in [2.24, 2.45) is 0 Å². The van der Waals surface area contributed by atoms with Crippen molar-refractivity contribution in [3.05, 3.63) is 65.3 Å². The van der Waals surface area contributed by atoms with E-state index in [-0.39, 0.29) is 0 Å². The second-order valence-electron chi connectivity index (χ2n) is 5.02. The molecular formula is C18H24. The summed E-state index contributed by atoms with van der Waals surface area (Å²) < 4.78 is 0. The molecule has 1 aromatic carbocycles. The van der Waals surface area contributed by atoms with E-state index in [4.69, 9.17) is 0 Å². The normalized spacial score (nSPS) is 12.4. The van der Waals surface area contributed by atoms with Crippen LogP contribution in [0, 0.1) is 13.8 Å². The lowest BCUT2D eigenvalue weighted by Crippen LogP contribution is -1.97. The average Bonchev–Trinajstić information content (AvgIpc) is 2.32. The first kappa shape index (κ1) is 14.5. The number of rotatable bonds is 4. The Kier molecular flexibility index (Phi) is 5.15. The van der Waals surface area contributed by atoms with Crippen LogP contribution in [0.3, 0.4) is 0 Å². The molecule has 0 heterocycles. The summed E-state index contributed by atoms with van der Waals surface area (Å²) in [5.74, 6) is 0.555. The van der Waals surface area contributed by atoms with Crippen molar-refractivity contribution < 1.29 is 0 Å². The van der Waals surface area contributed by atoms with Crippen molar-refractivity contribution in [3.63, 3.8) is 0 Å². The van der Waals surface area contributed by atoms with Crippen molar-refractivity contribution in [1.82, 2.24) is 0 Å². The third-order valence-electron chi connectivity index (χ3n) is 3.31. The van der Waals surface area contributed by atoms with E-state index < -0.39 is 0 Å². The molecule has 96 valence electrons. The molecule has 0 saturated heterocycles. The Labute approximate surface area is 112 Å². The van der Waals surface area contributed by atoms with E-state index in [1.807, 2.05) is 13.0 Å². The fourth-order valence-corrected chi connectivity index (χ4v) is 2.21. The van der Waals surface area contributed by atoms with Gasteiger partial charge in [0.15, 0.2) is 0 Å². The predicted molar refractivity (Wildman–Crippen MR) is 83.0 cm³/mol. The number of hydrogen-bond acceptors (Lipinski definition) is 0. The Balaban J connectivity index is 3.41. The smallest absolute Gasteiger partial charge is 0.0178 e. The summed E-state index contributed by atoms with van der Waals surface area (Å²) in [5, 5.41) is 0. The lowest BCUT2D eigenvalue weighted by atomic mass is 9.90. The molecule has 0 saturated carbocycles. The van der Waals surface area contributed by atoms with Gasteiger partial charge in [0.25, 0.3) is 0 Å². The molecule has 0 atom stereocenters. The molecule has 1 aromatic rings. The Morgan fingerprint density at radius 3 is 2.39 bits per heavy atom. The summed E-state index contributed by atoms with van der Waals surface area (Å²) in [6.45, 7) is 14.7. The van der Waals surface area contributed by atoms with Gasteiger partial charge in [0, 0.05) is 0 Å². The quantitative estimate of drug-likeness (QED) is 0.603. The topological polar surface area (TPSA) is 0 Å². The molecule has 0 radical (unpaired) electrons. The summed E-state index contributed by atoms with van der Waals surface area (Å²) >= 11 is 0. The van der Waals surface area contributed by atoms with E-state index in [0.717, 1.165) is 0 Å². The Morgan fingerprint density at radius 2 is 1.89 bits per heavy atom. The minimum absolute atomic E-state index is 0.555. The molecule has 0 heteroatoms. The molecule has 0 aliphatic rings.